The van der Waals surface area contributed by atoms with Crippen LogP contribution in [0.15, 0.2) is 41.3 Å². The van der Waals surface area contributed by atoms with Crippen molar-refractivity contribution in [2.24, 2.45) is 0 Å². The lowest BCUT2D eigenvalue weighted by Crippen LogP contribution is -2.03. The van der Waals surface area contributed by atoms with E-state index in [4.69, 9.17) is 5.73 Å². The van der Waals surface area contributed by atoms with Crippen LogP contribution in [0.2, 0.25) is 0 Å². The van der Waals surface area contributed by atoms with E-state index < -0.39 is 10.8 Å². The lowest BCUT2D eigenvalue weighted by molar-refractivity contribution is 0.625. The molecule has 0 heterocycles. The lowest BCUT2D eigenvalue weighted by atomic mass is 10.1. The molecule has 2 nitrogen and oxygen atoms in total. The number of aryl methyl sites for hydroxylation is 1. The Bertz CT molecular complexity index is 640. The molecule has 19 heavy (non-hydrogen) atoms. The van der Waals surface area contributed by atoms with Crippen molar-refractivity contribution < 1.29 is 8.60 Å². The highest BCUT2D eigenvalue weighted by Crippen LogP contribution is 2.22. The molecule has 0 aromatic heterocycles. The third-order valence-corrected chi connectivity index (χ3v) is 4.68. The van der Waals surface area contributed by atoms with Gasteiger partial charge in [0.05, 0.1) is 16.6 Å². The van der Waals surface area contributed by atoms with Crippen LogP contribution in [-0.4, -0.2) is 4.21 Å². The average Bonchev–Trinajstić information content (AvgIpc) is 2.37. The molecular formula is C15H16FNOS. The van der Waals surface area contributed by atoms with Gasteiger partial charge in [-0.1, -0.05) is 12.1 Å². The molecule has 0 fully saturated rings. The molecule has 0 aliphatic rings. The molecule has 2 N–H and O–H groups in total. The fourth-order valence-electron chi connectivity index (χ4n) is 1.89. The van der Waals surface area contributed by atoms with Crippen molar-refractivity contribution >= 4 is 16.5 Å². The van der Waals surface area contributed by atoms with Gasteiger partial charge in [-0.15, -0.1) is 0 Å². The van der Waals surface area contributed by atoms with E-state index in [2.05, 4.69) is 0 Å². The minimum Gasteiger partial charge on any atom is -0.398 e. The molecule has 0 spiro atoms. The van der Waals surface area contributed by atoms with Crippen LogP contribution >= 0.6 is 0 Å². The number of hydrogen-bond acceptors (Lipinski definition) is 2. The van der Waals surface area contributed by atoms with Gasteiger partial charge in [-0.05, 0) is 54.8 Å². The molecule has 1 atom stereocenters. The Kier molecular flexibility index (Phi) is 4.00. The zero-order valence-electron chi connectivity index (χ0n) is 10.9. The average molecular weight is 277 g/mol. The van der Waals surface area contributed by atoms with Crippen molar-refractivity contribution in [2.45, 2.75) is 24.5 Å². The van der Waals surface area contributed by atoms with E-state index in [0.717, 1.165) is 16.7 Å². The lowest BCUT2D eigenvalue weighted by Gasteiger charge is -2.10. The Balaban J connectivity index is 2.31. The first kappa shape index (κ1) is 13.7. The van der Waals surface area contributed by atoms with Gasteiger partial charge in [0.2, 0.25) is 0 Å². The number of nitrogens with two attached hydrogens (primary N) is 1. The molecule has 0 amide bonds. The third kappa shape index (κ3) is 3.01. The molecular weight excluding hydrogens is 261 g/mol. The van der Waals surface area contributed by atoms with Crippen LogP contribution < -0.4 is 5.73 Å². The Morgan fingerprint density at radius 2 is 1.95 bits per heavy atom. The van der Waals surface area contributed by atoms with E-state index in [1.807, 2.05) is 13.8 Å². The number of halogens is 1. The fraction of sp³-hybridized carbons (Fsp3) is 0.200. The maximum absolute atomic E-state index is 13.2. The summed E-state index contributed by atoms with van der Waals surface area (Å²) in [4.78, 5) is 0.712. The number of nitrogen functional groups attached to an aromatic ring is 1. The SMILES string of the molecule is Cc1ccc(F)cc1CS(=O)c1cccc(N)c1C. The number of benzene rings is 2. The summed E-state index contributed by atoms with van der Waals surface area (Å²) >= 11 is 0. The summed E-state index contributed by atoms with van der Waals surface area (Å²) in [5.74, 6) is -0.00431. The molecule has 0 saturated heterocycles. The maximum Gasteiger partial charge on any atom is 0.123 e. The zero-order valence-corrected chi connectivity index (χ0v) is 11.8. The molecule has 2 rings (SSSR count). The summed E-state index contributed by atoms with van der Waals surface area (Å²) in [7, 11) is -1.22. The van der Waals surface area contributed by atoms with E-state index in [0.29, 0.717) is 16.3 Å². The Morgan fingerprint density at radius 1 is 1.21 bits per heavy atom. The van der Waals surface area contributed by atoms with Crippen molar-refractivity contribution in [1.82, 2.24) is 0 Å². The van der Waals surface area contributed by atoms with E-state index in [1.165, 1.54) is 12.1 Å². The van der Waals surface area contributed by atoms with Crippen LogP contribution in [0.3, 0.4) is 0 Å². The normalized spacial score (nSPS) is 12.4. The molecule has 0 bridgehead atoms. The molecule has 4 heteroatoms. The van der Waals surface area contributed by atoms with Crippen molar-refractivity contribution in [3.8, 4) is 0 Å². The first-order valence-corrected chi connectivity index (χ1v) is 7.29. The van der Waals surface area contributed by atoms with Crippen molar-refractivity contribution in [3.05, 3.63) is 58.9 Å². The summed E-state index contributed by atoms with van der Waals surface area (Å²) in [6.45, 7) is 3.74. The second kappa shape index (κ2) is 5.53. The second-order valence-corrected chi connectivity index (χ2v) is 5.95. The van der Waals surface area contributed by atoms with Gasteiger partial charge < -0.3 is 5.73 Å². The Hall–Kier alpha value is -1.68. The monoisotopic (exact) mass is 277 g/mol. The molecule has 2 aromatic carbocycles. The highest BCUT2D eigenvalue weighted by molar-refractivity contribution is 7.84. The highest BCUT2D eigenvalue weighted by atomic mass is 32.2. The van der Waals surface area contributed by atoms with Gasteiger partial charge in [0, 0.05) is 10.6 Å². The standard InChI is InChI=1S/C15H16FNOS/c1-10-6-7-13(16)8-12(10)9-19(18)15-5-3-4-14(17)11(15)2/h3-8H,9,17H2,1-2H3. The number of hydrogen-bond donors (Lipinski definition) is 1. The van der Waals surface area contributed by atoms with Gasteiger partial charge in [-0.3, -0.25) is 4.21 Å². The number of rotatable bonds is 3. The Labute approximate surface area is 114 Å². The van der Waals surface area contributed by atoms with E-state index in [9.17, 15) is 8.60 Å². The molecule has 0 radical (unpaired) electrons. The van der Waals surface area contributed by atoms with Crippen LogP contribution in [0.4, 0.5) is 10.1 Å². The van der Waals surface area contributed by atoms with Crippen LogP contribution in [0, 0.1) is 19.7 Å². The first-order valence-electron chi connectivity index (χ1n) is 5.97. The van der Waals surface area contributed by atoms with Crippen molar-refractivity contribution in [2.75, 3.05) is 5.73 Å². The first-order chi connectivity index (χ1) is 8.99. The number of anilines is 1. The predicted octanol–water partition coefficient (Wildman–Crippen LogP) is 3.33. The third-order valence-electron chi connectivity index (χ3n) is 3.17. The second-order valence-electron chi connectivity index (χ2n) is 4.53. The molecule has 0 saturated carbocycles. The summed E-state index contributed by atoms with van der Waals surface area (Å²) in [5, 5.41) is 0. The van der Waals surface area contributed by atoms with Gasteiger partial charge >= 0.3 is 0 Å². The maximum atomic E-state index is 13.2. The molecule has 2 aromatic rings. The van der Waals surface area contributed by atoms with Gasteiger partial charge in [0.15, 0.2) is 0 Å². The molecule has 0 aliphatic heterocycles. The van der Waals surface area contributed by atoms with Crippen molar-refractivity contribution in [1.29, 1.82) is 0 Å². The summed E-state index contributed by atoms with van der Waals surface area (Å²) in [6.07, 6.45) is 0. The van der Waals surface area contributed by atoms with Crippen LogP contribution in [0.5, 0.6) is 0 Å². The van der Waals surface area contributed by atoms with Gasteiger partial charge in [-0.25, -0.2) is 4.39 Å². The summed E-state index contributed by atoms with van der Waals surface area (Å²) in [6, 6.07) is 9.92. The van der Waals surface area contributed by atoms with Crippen LogP contribution in [0.1, 0.15) is 16.7 Å². The minimum atomic E-state index is -1.22. The molecule has 0 aliphatic carbocycles. The highest BCUT2D eigenvalue weighted by Gasteiger charge is 2.11. The van der Waals surface area contributed by atoms with Gasteiger partial charge in [0.25, 0.3) is 0 Å². The van der Waals surface area contributed by atoms with Gasteiger partial charge in [0.1, 0.15) is 5.82 Å². The summed E-state index contributed by atoms with van der Waals surface area (Å²) in [5.41, 5.74) is 8.97. The topological polar surface area (TPSA) is 43.1 Å². The van der Waals surface area contributed by atoms with E-state index >= 15 is 0 Å². The molecule has 1 unspecified atom stereocenters. The van der Waals surface area contributed by atoms with Crippen LogP contribution in [-0.2, 0) is 16.6 Å². The largest absolute Gasteiger partial charge is 0.398 e. The summed E-state index contributed by atoms with van der Waals surface area (Å²) < 4.78 is 25.6. The van der Waals surface area contributed by atoms with Gasteiger partial charge in [-0.2, -0.15) is 0 Å². The van der Waals surface area contributed by atoms with E-state index in [1.54, 1.807) is 24.3 Å². The van der Waals surface area contributed by atoms with Crippen molar-refractivity contribution in [3.63, 3.8) is 0 Å². The van der Waals surface area contributed by atoms with E-state index in [-0.39, 0.29) is 5.82 Å². The Morgan fingerprint density at radius 3 is 2.68 bits per heavy atom. The minimum absolute atomic E-state index is 0.299. The zero-order chi connectivity index (χ0) is 14.0. The van der Waals surface area contributed by atoms with Crippen LogP contribution in [0.25, 0.3) is 0 Å². The fourth-order valence-corrected chi connectivity index (χ4v) is 3.33. The molecule has 100 valence electrons. The quantitative estimate of drug-likeness (QED) is 0.874. The smallest absolute Gasteiger partial charge is 0.123 e. The predicted molar refractivity (Wildman–Crippen MR) is 76.8 cm³/mol.